The molecule has 0 aliphatic carbocycles. The number of nitrogens with zero attached hydrogens (tertiary/aromatic N) is 5. The van der Waals surface area contributed by atoms with Crippen LogP contribution in [-0.2, 0) is 0 Å². The minimum atomic E-state index is -0.220. The second kappa shape index (κ2) is 6.42. The minimum absolute atomic E-state index is 0.220. The molecule has 5 nitrogen and oxygen atoms in total. The van der Waals surface area contributed by atoms with Crippen molar-refractivity contribution < 1.29 is 4.39 Å². The molecule has 0 bridgehead atoms. The first-order chi connectivity index (χ1) is 14.8. The summed E-state index contributed by atoms with van der Waals surface area (Å²) in [6.07, 6.45) is 9.92. The van der Waals surface area contributed by atoms with Crippen molar-refractivity contribution in [2.24, 2.45) is 0 Å². The lowest BCUT2D eigenvalue weighted by molar-refractivity contribution is 0.640. The van der Waals surface area contributed by atoms with Crippen LogP contribution < -0.4 is 4.90 Å². The van der Waals surface area contributed by atoms with Crippen molar-refractivity contribution >= 4 is 49.6 Å². The Balaban J connectivity index is 1.73. The van der Waals surface area contributed by atoms with Crippen molar-refractivity contribution in [3.63, 3.8) is 0 Å². The van der Waals surface area contributed by atoms with Crippen LogP contribution in [0.3, 0.4) is 0 Å². The number of anilines is 3. The van der Waals surface area contributed by atoms with Crippen LogP contribution >= 0.6 is 0 Å². The average molecular weight is 391 g/mol. The molecule has 0 N–H and O–H groups in total. The first-order valence-electron chi connectivity index (χ1n) is 9.49. The highest BCUT2D eigenvalue weighted by molar-refractivity contribution is 6.25. The fraction of sp³-hybridized carbons (Fsp3) is 0. The zero-order valence-electron chi connectivity index (χ0n) is 15.7. The standard InChI is InChI=1S/C24H14FN5/c25-19-7-3-15-2-6-18-20(8-4-16-1-5-17(19)23(15)24(16)18)30(21-13-26-9-11-28-21)22-14-27-10-12-29-22/h1-14H. The number of halogens is 1. The predicted molar refractivity (Wildman–Crippen MR) is 116 cm³/mol. The first-order valence-corrected chi connectivity index (χ1v) is 9.49. The quantitative estimate of drug-likeness (QED) is 0.358. The van der Waals surface area contributed by atoms with Crippen LogP contribution in [0.15, 0.2) is 85.7 Å². The maximum atomic E-state index is 14.6. The highest BCUT2D eigenvalue weighted by Crippen LogP contribution is 2.42. The summed E-state index contributed by atoms with van der Waals surface area (Å²) >= 11 is 0. The third kappa shape index (κ3) is 2.40. The molecule has 2 aromatic heterocycles. The third-order valence-electron chi connectivity index (χ3n) is 5.39. The van der Waals surface area contributed by atoms with Crippen molar-refractivity contribution in [1.29, 1.82) is 0 Å². The molecule has 0 atom stereocenters. The van der Waals surface area contributed by atoms with Crippen LogP contribution in [-0.4, -0.2) is 19.9 Å². The van der Waals surface area contributed by atoms with Gasteiger partial charge >= 0.3 is 0 Å². The van der Waals surface area contributed by atoms with E-state index in [4.69, 9.17) is 0 Å². The van der Waals surface area contributed by atoms with Crippen LogP contribution in [0.5, 0.6) is 0 Å². The Labute approximate surface area is 170 Å². The van der Waals surface area contributed by atoms with E-state index in [-0.39, 0.29) is 5.82 Å². The van der Waals surface area contributed by atoms with E-state index in [9.17, 15) is 4.39 Å². The second-order valence-electron chi connectivity index (χ2n) is 7.02. The molecule has 0 unspecified atom stereocenters. The van der Waals surface area contributed by atoms with Crippen molar-refractivity contribution in [1.82, 2.24) is 19.9 Å². The predicted octanol–water partition coefficient (Wildman–Crippen LogP) is 5.77. The Bertz CT molecular complexity index is 1460. The minimum Gasteiger partial charge on any atom is -0.276 e. The molecule has 4 aromatic carbocycles. The third-order valence-corrected chi connectivity index (χ3v) is 5.39. The van der Waals surface area contributed by atoms with Gasteiger partial charge in [-0.15, -0.1) is 0 Å². The summed E-state index contributed by atoms with van der Waals surface area (Å²) in [6, 6.07) is 15.3. The molecule has 6 aromatic rings. The van der Waals surface area contributed by atoms with E-state index in [0.717, 1.165) is 32.6 Å². The number of benzene rings is 4. The molecule has 0 aliphatic heterocycles. The number of hydrogen-bond acceptors (Lipinski definition) is 5. The topological polar surface area (TPSA) is 54.8 Å². The molecule has 2 heterocycles. The highest BCUT2D eigenvalue weighted by Gasteiger charge is 2.20. The molecular formula is C24H14FN5. The van der Waals surface area contributed by atoms with E-state index in [0.29, 0.717) is 17.0 Å². The number of aromatic nitrogens is 4. The van der Waals surface area contributed by atoms with Gasteiger partial charge in [0.1, 0.15) is 5.82 Å². The average Bonchev–Trinajstić information content (AvgIpc) is 2.81. The van der Waals surface area contributed by atoms with Crippen molar-refractivity contribution in [3.8, 4) is 0 Å². The second-order valence-corrected chi connectivity index (χ2v) is 7.02. The van der Waals surface area contributed by atoms with Crippen LogP contribution in [0.4, 0.5) is 21.7 Å². The van der Waals surface area contributed by atoms with Gasteiger partial charge in [-0.1, -0.05) is 36.4 Å². The lowest BCUT2D eigenvalue weighted by Gasteiger charge is -2.24. The van der Waals surface area contributed by atoms with Gasteiger partial charge in [0.25, 0.3) is 0 Å². The summed E-state index contributed by atoms with van der Waals surface area (Å²) in [7, 11) is 0. The van der Waals surface area contributed by atoms with Gasteiger partial charge in [-0.05, 0) is 28.3 Å². The molecule has 0 spiro atoms. The fourth-order valence-corrected chi connectivity index (χ4v) is 4.12. The Morgan fingerprint density at radius 2 is 1.17 bits per heavy atom. The van der Waals surface area contributed by atoms with E-state index in [1.807, 2.05) is 41.3 Å². The zero-order valence-corrected chi connectivity index (χ0v) is 15.7. The molecule has 142 valence electrons. The van der Waals surface area contributed by atoms with Crippen LogP contribution in [0.1, 0.15) is 0 Å². The highest BCUT2D eigenvalue weighted by atomic mass is 19.1. The molecule has 0 fully saturated rings. The van der Waals surface area contributed by atoms with Gasteiger partial charge < -0.3 is 0 Å². The maximum Gasteiger partial charge on any atom is 0.157 e. The fourth-order valence-electron chi connectivity index (χ4n) is 4.12. The van der Waals surface area contributed by atoms with Gasteiger partial charge in [0.05, 0.1) is 18.1 Å². The summed E-state index contributed by atoms with van der Waals surface area (Å²) in [5.41, 5.74) is 0.877. The van der Waals surface area contributed by atoms with Gasteiger partial charge in [0.2, 0.25) is 0 Å². The van der Waals surface area contributed by atoms with Crippen molar-refractivity contribution in [2.45, 2.75) is 0 Å². The van der Waals surface area contributed by atoms with E-state index in [1.54, 1.807) is 37.2 Å². The Kier molecular flexibility index (Phi) is 3.58. The van der Waals surface area contributed by atoms with E-state index >= 15 is 0 Å². The van der Waals surface area contributed by atoms with Gasteiger partial charge in [-0.2, -0.15) is 0 Å². The van der Waals surface area contributed by atoms with E-state index in [1.165, 1.54) is 6.07 Å². The summed E-state index contributed by atoms with van der Waals surface area (Å²) in [6.45, 7) is 0. The first kappa shape index (κ1) is 16.7. The van der Waals surface area contributed by atoms with Crippen molar-refractivity contribution in [2.75, 3.05) is 4.90 Å². The Morgan fingerprint density at radius 1 is 0.600 bits per heavy atom. The Hall–Kier alpha value is -4.19. The van der Waals surface area contributed by atoms with Crippen molar-refractivity contribution in [3.05, 3.63) is 91.5 Å². The molecule has 0 saturated carbocycles. The van der Waals surface area contributed by atoms with Gasteiger partial charge in [-0.3, -0.25) is 14.9 Å². The van der Waals surface area contributed by atoms with E-state index in [2.05, 4.69) is 26.0 Å². The largest absolute Gasteiger partial charge is 0.276 e. The monoisotopic (exact) mass is 391 g/mol. The summed E-state index contributed by atoms with van der Waals surface area (Å²) < 4.78 is 14.6. The number of hydrogen-bond donors (Lipinski definition) is 0. The van der Waals surface area contributed by atoms with Gasteiger partial charge in [0.15, 0.2) is 11.6 Å². The van der Waals surface area contributed by atoms with Crippen LogP contribution in [0.25, 0.3) is 32.3 Å². The smallest absolute Gasteiger partial charge is 0.157 e. The lowest BCUT2D eigenvalue weighted by Crippen LogP contribution is -2.14. The molecule has 0 radical (unpaired) electrons. The molecular weight excluding hydrogens is 377 g/mol. The molecule has 0 amide bonds. The summed E-state index contributed by atoms with van der Waals surface area (Å²) in [4.78, 5) is 19.4. The molecule has 6 heteroatoms. The van der Waals surface area contributed by atoms with Gasteiger partial charge in [0, 0.05) is 40.9 Å². The number of rotatable bonds is 3. The van der Waals surface area contributed by atoms with Gasteiger partial charge in [-0.25, -0.2) is 14.4 Å². The maximum absolute atomic E-state index is 14.6. The SMILES string of the molecule is Fc1ccc2ccc3c(N(c4cnccn4)c4cnccn4)ccc4ccc1c2c43. The lowest BCUT2D eigenvalue weighted by atomic mass is 9.93. The summed E-state index contributed by atoms with van der Waals surface area (Å²) in [5.74, 6) is 1.03. The Morgan fingerprint density at radius 3 is 1.80 bits per heavy atom. The molecule has 30 heavy (non-hydrogen) atoms. The van der Waals surface area contributed by atoms with Crippen LogP contribution in [0.2, 0.25) is 0 Å². The molecule has 0 aliphatic rings. The normalized spacial score (nSPS) is 11.5. The summed E-state index contributed by atoms with van der Waals surface area (Å²) in [5, 5.41) is 5.59. The molecule has 6 rings (SSSR count). The van der Waals surface area contributed by atoms with Crippen LogP contribution in [0, 0.1) is 5.82 Å². The zero-order chi connectivity index (χ0) is 20.1. The van der Waals surface area contributed by atoms with E-state index < -0.39 is 0 Å². The molecule has 0 saturated heterocycles.